The third-order valence-electron chi connectivity index (χ3n) is 2.48. The third kappa shape index (κ3) is 1.95. The van der Waals surface area contributed by atoms with Crippen LogP contribution < -0.4 is 0 Å². The minimum atomic E-state index is -0.120. The van der Waals surface area contributed by atoms with Gasteiger partial charge in [0.25, 0.3) is 0 Å². The molecule has 0 aromatic heterocycles. The van der Waals surface area contributed by atoms with E-state index in [1.54, 1.807) is 0 Å². The number of nitriles is 1. The lowest BCUT2D eigenvalue weighted by atomic mass is 9.88. The summed E-state index contributed by atoms with van der Waals surface area (Å²) in [7, 11) is 0. The quantitative estimate of drug-likeness (QED) is 0.700. The zero-order valence-electron chi connectivity index (χ0n) is 8.15. The Hall–Kier alpha value is -1.52. The molecule has 1 atom stereocenters. The molecule has 2 rings (SSSR count). The van der Waals surface area contributed by atoms with Crippen molar-refractivity contribution in [1.29, 1.82) is 5.26 Å². The summed E-state index contributed by atoms with van der Waals surface area (Å²) >= 11 is 6.13. The van der Waals surface area contributed by atoms with Crippen LogP contribution in [0.4, 0.5) is 0 Å². The smallest absolute Gasteiger partial charge is 0.0767 e. The number of hydrogen-bond acceptors (Lipinski definition) is 1. The van der Waals surface area contributed by atoms with Gasteiger partial charge in [-0.2, -0.15) is 5.26 Å². The molecule has 1 aliphatic rings. The van der Waals surface area contributed by atoms with E-state index in [9.17, 15) is 0 Å². The van der Waals surface area contributed by atoms with E-state index in [1.807, 2.05) is 42.5 Å². The van der Waals surface area contributed by atoms with E-state index in [0.717, 1.165) is 17.6 Å². The summed E-state index contributed by atoms with van der Waals surface area (Å²) < 4.78 is 0. The minimum absolute atomic E-state index is 0.120. The van der Waals surface area contributed by atoms with Crippen molar-refractivity contribution in [2.75, 3.05) is 0 Å². The molecule has 0 radical (unpaired) electrons. The molecule has 0 heterocycles. The van der Waals surface area contributed by atoms with Gasteiger partial charge >= 0.3 is 0 Å². The largest absolute Gasteiger partial charge is 0.198 e. The average molecular weight is 216 g/mol. The molecule has 0 aliphatic heterocycles. The van der Waals surface area contributed by atoms with Gasteiger partial charge in [0, 0.05) is 5.03 Å². The molecule has 0 N–H and O–H groups in total. The molecule has 1 unspecified atom stereocenters. The lowest BCUT2D eigenvalue weighted by Crippen LogP contribution is -2.04. The summed E-state index contributed by atoms with van der Waals surface area (Å²) in [6, 6.07) is 12.1. The molecule has 2 heteroatoms. The minimum Gasteiger partial charge on any atom is -0.198 e. The maximum atomic E-state index is 9.06. The zero-order valence-corrected chi connectivity index (χ0v) is 8.91. The Kier molecular flexibility index (Phi) is 2.89. The van der Waals surface area contributed by atoms with Crippen molar-refractivity contribution in [1.82, 2.24) is 0 Å². The lowest BCUT2D eigenvalue weighted by molar-refractivity contribution is 0.857. The summed E-state index contributed by atoms with van der Waals surface area (Å²) in [5.41, 5.74) is 1.99. The second kappa shape index (κ2) is 4.33. The van der Waals surface area contributed by atoms with Gasteiger partial charge in [-0.05, 0) is 23.6 Å². The first-order valence-corrected chi connectivity index (χ1v) is 5.22. The Morgan fingerprint density at radius 3 is 2.67 bits per heavy atom. The van der Waals surface area contributed by atoms with Gasteiger partial charge in [-0.25, -0.2) is 0 Å². The van der Waals surface area contributed by atoms with Crippen molar-refractivity contribution >= 4 is 17.2 Å². The van der Waals surface area contributed by atoms with Gasteiger partial charge in [0.15, 0.2) is 0 Å². The number of hydrogen-bond donors (Lipinski definition) is 0. The van der Waals surface area contributed by atoms with Gasteiger partial charge in [0.2, 0.25) is 0 Å². The van der Waals surface area contributed by atoms with E-state index < -0.39 is 0 Å². The molecule has 1 aliphatic carbocycles. The van der Waals surface area contributed by atoms with Gasteiger partial charge in [-0.3, -0.25) is 0 Å². The Labute approximate surface area is 94.3 Å². The summed E-state index contributed by atoms with van der Waals surface area (Å²) in [6.07, 6.45) is 4.57. The fourth-order valence-electron chi connectivity index (χ4n) is 1.76. The van der Waals surface area contributed by atoms with Crippen LogP contribution in [0.2, 0.25) is 0 Å². The number of rotatable bonds is 1. The van der Waals surface area contributed by atoms with Crippen LogP contribution in [0.25, 0.3) is 5.57 Å². The normalized spacial score (nSPS) is 20.1. The SMILES string of the molecule is N#CC1CC=CC(Cl)=C1c1ccccc1. The number of halogens is 1. The van der Waals surface area contributed by atoms with Crippen molar-refractivity contribution in [3.63, 3.8) is 0 Å². The Morgan fingerprint density at radius 2 is 2.00 bits per heavy atom. The third-order valence-corrected chi connectivity index (χ3v) is 2.81. The molecule has 0 fully saturated rings. The van der Waals surface area contributed by atoms with Crippen LogP contribution in [-0.4, -0.2) is 0 Å². The second-order valence-corrected chi connectivity index (χ2v) is 3.85. The molecule has 0 bridgehead atoms. The maximum Gasteiger partial charge on any atom is 0.0767 e. The first kappa shape index (κ1) is 10.0. The Morgan fingerprint density at radius 1 is 1.27 bits per heavy atom. The monoisotopic (exact) mass is 215 g/mol. The van der Waals surface area contributed by atoms with Crippen molar-refractivity contribution < 1.29 is 0 Å². The molecule has 74 valence electrons. The van der Waals surface area contributed by atoms with E-state index in [1.165, 1.54) is 0 Å². The molecule has 15 heavy (non-hydrogen) atoms. The van der Waals surface area contributed by atoms with Crippen molar-refractivity contribution in [3.05, 3.63) is 53.1 Å². The standard InChI is InChI=1S/C13H10ClN/c14-12-8-4-7-11(9-15)13(12)10-5-2-1-3-6-10/h1-6,8,11H,7H2. The highest BCUT2D eigenvalue weighted by Crippen LogP contribution is 2.34. The van der Waals surface area contributed by atoms with Crippen LogP contribution in [0.5, 0.6) is 0 Å². The highest BCUT2D eigenvalue weighted by Gasteiger charge is 2.19. The second-order valence-electron chi connectivity index (χ2n) is 3.45. The summed E-state index contributed by atoms with van der Waals surface area (Å²) in [4.78, 5) is 0. The molecule has 0 saturated carbocycles. The highest BCUT2D eigenvalue weighted by molar-refractivity contribution is 6.34. The Bertz CT molecular complexity index is 451. The van der Waals surface area contributed by atoms with Gasteiger partial charge in [-0.1, -0.05) is 48.0 Å². The van der Waals surface area contributed by atoms with Crippen LogP contribution in [-0.2, 0) is 0 Å². The highest BCUT2D eigenvalue weighted by atomic mass is 35.5. The fraction of sp³-hybridized carbons (Fsp3) is 0.154. The zero-order chi connectivity index (χ0) is 10.7. The van der Waals surface area contributed by atoms with Crippen molar-refractivity contribution in [2.24, 2.45) is 5.92 Å². The first-order valence-electron chi connectivity index (χ1n) is 4.84. The summed E-state index contributed by atoms with van der Waals surface area (Å²) in [6.45, 7) is 0. The predicted molar refractivity (Wildman–Crippen MR) is 62.1 cm³/mol. The molecular weight excluding hydrogens is 206 g/mol. The van der Waals surface area contributed by atoms with Crippen molar-refractivity contribution in [3.8, 4) is 6.07 Å². The molecule has 0 amide bonds. The lowest BCUT2D eigenvalue weighted by Gasteiger charge is -2.17. The summed E-state index contributed by atoms with van der Waals surface area (Å²) in [5, 5.41) is 9.74. The van der Waals surface area contributed by atoms with Crippen LogP contribution in [0.1, 0.15) is 12.0 Å². The summed E-state index contributed by atoms with van der Waals surface area (Å²) in [5.74, 6) is -0.120. The van der Waals surface area contributed by atoms with E-state index in [2.05, 4.69) is 6.07 Å². The van der Waals surface area contributed by atoms with Crippen LogP contribution in [0, 0.1) is 17.2 Å². The van der Waals surface area contributed by atoms with Crippen LogP contribution in [0.15, 0.2) is 47.5 Å². The average Bonchev–Trinajstić information content (AvgIpc) is 2.29. The topological polar surface area (TPSA) is 23.8 Å². The van der Waals surface area contributed by atoms with Crippen LogP contribution >= 0.6 is 11.6 Å². The van der Waals surface area contributed by atoms with Gasteiger partial charge in [0.1, 0.15) is 0 Å². The molecule has 1 nitrogen and oxygen atoms in total. The van der Waals surface area contributed by atoms with Gasteiger partial charge in [0.05, 0.1) is 12.0 Å². The van der Waals surface area contributed by atoms with Crippen LogP contribution in [0.3, 0.4) is 0 Å². The van der Waals surface area contributed by atoms with Gasteiger partial charge < -0.3 is 0 Å². The number of nitrogens with zero attached hydrogens (tertiary/aromatic N) is 1. The number of allylic oxidation sites excluding steroid dienone is 4. The van der Waals surface area contributed by atoms with E-state index in [-0.39, 0.29) is 5.92 Å². The maximum absolute atomic E-state index is 9.06. The van der Waals surface area contributed by atoms with E-state index in [0.29, 0.717) is 5.03 Å². The molecule has 1 aromatic rings. The fourth-order valence-corrected chi connectivity index (χ4v) is 2.09. The van der Waals surface area contributed by atoms with Gasteiger partial charge in [-0.15, -0.1) is 0 Å². The Balaban J connectivity index is 2.50. The molecule has 0 spiro atoms. The van der Waals surface area contributed by atoms with E-state index in [4.69, 9.17) is 16.9 Å². The molecule has 0 saturated heterocycles. The molecule has 1 aromatic carbocycles. The van der Waals surface area contributed by atoms with Crippen molar-refractivity contribution in [2.45, 2.75) is 6.42 Å². The van der Waals surface area contributed by atoms with E-state index >= 15 is 0 Å². The first-order chi connectivity index (χ1) is 7.33. The number of benzene rings is 1. The predicted octanol–water partition coefficient (Wildman–Crippen LogP) is 3.74. The molecular formula is C13H10ClN.